The molecule has 0 atom stereocenters. The summed E-state index contributed by atoms with van der Waals surface area (Å²) in [5.74, 6) is -0.299. The quantitative estimate of drug-likeness (QED) is 0.643. The molecule has 0 saturated heterocycles. The Labute approximate surface area is 79.5 Å². The van der Waals surface area contributed by atoms with E-state index in [4.69, 9.17) is 11.5 Å². The molecule has 0 saturated carbocycles. The Hall–Kier alpha value is -2.11. The third kappa shape index (κ3) is 0.936. The van der Waals surface area contributed by atoms with E-state index < -0.39 is 5.91 Å². The fraction of sp³-hybridized carbons (Fsp3) is 0.125. The SMILES string of the molecule is Cn1c(N)c(C(N)=O)c2nccnc21. The van der Waals surface area contributed by atoms with Gasteiger partial charge in [-0.2, -0.15) is 0 Å². The number of nitrogens with two attached hydrogens (primary N) is 2. The van der Waals surface area contributed by atoms with Crippen LogP contribution in [0.4, 0.5) is 5.82 Å². The van der Waals surface area contributed by atoms with Gasteiger partial charge in [0.1, 0.15) is 16.9 Å². The van der Waals surface area contributed by atoms with E-state index in [1.807, 2.05) is 0 Å². The van der Waals surface area contributed by atoms with Crippen molar-refractivity contribution in [3.63, 3.8) is 0 Å². The minimum atomic E-state index is -0.589. The molecule has 1 amide bonds. The molecule has 72 valence electrons. The second-order valence-corrected chi connectivity index (χ2v) is 2.91. The van der Waals surface area contributed by atoms with Gasteiger partial charge >= 0.3 is 0 Å². The van der Waals surface area contributed by atoms with Crippen LogP contribution in [0, 0.1) is 0 Å². The molecule has 0 radical (unpaired) electrons. The van der Waals surface area contributed by atoms with Crippen molar-refractivity contribution in [1.29, 1.82) is 0 Å². The standard InChI is InChI=1S/C8H9N5O/c1-13-6(9)4(7(10)14)5-8(13)12-3-2-11-5/h2-3H,9H2,1H3,(H2,10,14). The molecular formula is C8H9N5O. The smallest absolute Gasteiger partial charge is 0.254 e. The Balaban J connectivity index is 2.95. The highest BCUT2D eigenvalue weighted by atomic mass is 16.1. The van der Waals surface area contributed by atoms with Crippen LogP contribution >= 0.6 is 0 Å². The normalized spacial score (nSPS) is 10.6. The molecule has 14 heavy (non-hydrogen) atoms. The zero-order valence-corrected chi connectivity index (χ0v) is 7.56. The summed E-state index contributed by atoms with van der Waals surface area (Å²) in [6, 6.07) is 0. The fourth-order valence-electron chi connectivity index (χ4n) is 1.40. The summed E-state index contributed by atoms with van der Waals surface area (Å²) in [5.41, 5.74) is 12.1. The van der Waals surface area contributed by atoms with Crippen LogP contribution in [0.25, 0.3) is 11.2 Å². The highest BCUT2D eigenvalue weighted by molar-refractivity contribution is 6.08. The molecule has 2 rings (SSSR count). The van der Waals surface area contributed by atoms with E-state index in [0.717, 1.165) is 0 Å². The van der Waals surface area contributed by atoms with E-state index in [1.165, 1.54) is 12.4 Å². The van der Waals surface area contributed by atoms with Crippen LogP contribution in [-0.4, -0.2) is 20.4 Å². The molecule has 0 aromatic carbocycles. The number of aryl methyl sites for hydroxylation is 1. The number of carbonyl (C=O) groups excluding carboxylic acids is 1. The van der Waals surface area contributed by atoms with E-state index in [1.54, 1.807) is 11.6 Å². The van der Waals surface area contributed by atoms with Crippen molar-refractivity contribution in [3.05, 3.63) is 18.0 Å². The van der Waals surface area contributed by atoms with Gasteiger partial charge in [0.2, 0.25) is 0 Å². The summed E-state index contributed by atoms with van der Waals surface area (Å²) in [6.45, 7) is 0. The van der Waals surface area contributed by atoms with Gasteiger partial charge in [0.05, 0.1) is 0 Å². The van der Waals surface area contributed by atoms with Gasteiger partial charge in [-0.3, -0.25) is 9.78 Å². The molecule has 6 nitrogen and oxygen atoms in total. The van der Waals surface area contributed by atoms with Crippen molar-refractivity contribution in [2.24, 2.45) is 12.8 Å². The maximum absolute atomic E-state index is 11.1. The highest BCUT2D eigenvalue weighted by Gasteiger charge is 2.18. The first-order valence-electron chi connectivity index (χ1n) is 3.97. The predicted molar refractivity (Wildman–Crippen MR) is 51.4 cm³/mol. The molecule has 0 aliphatic rings. The Morgan fingerprint density at radius 1 is 1.43 bits per heavy atom. The predicted octanol–water partition coefficient (Wildman–Crippen LogP) is -0.351. The number of hydrogen-bond donors (Lipinski definition) is 2. The number of aromatic nitrogens is 3. The molecule has 2 heterocycles. The van der Waals surface area contributed by atoms with Gasteiger partial charge in [-0.05, 0) is 0 Å². The van der Waals surface area contributed by atoms with Crippen molar-refractivity contribution in [2.45, 2.75) is 0 Å². The summed E-state index contributed by atoms with van der Waals surface area (Å²) < 4.78 is 1.59. The van der Waals surface area contributed by atoms with Crippen LogP contribution in [0.1, 0.15) is 10.4 Å². The number of anilines is 1. The molecule has 0 bridgehead atoms. The molecule has 4 N–H and O–H groups in total. The van der Waals surface area contributed by atoms with Gasteiger partial charge in [0, 0.05) is 19.4 Å². The average Bonchev–Trinajstić information content (AvgIpc) is 2.41. The third-order valence-electron chi connectivity index (χ3n) is 2.10. The van der Waals surface area contributed by atoms with Crippen LogP contribution in [-0.2, 0) is 7.05 Å². The maximum Gasteiger partial charge on any atom is 0.254 e. The molecule has 0 unspecified atom stereocenters. The zero-order valence-electron chi connectivity index (χ0n) is 7.56. The minimum Gasteiger partial charge on any atom is -0.384 e. The van der Waals surface area contributed by atoms with E-state index in [-0.39, 0.29) is 5.56 Å². The first-order chi connectivity index (χ1) is 6.63. The fourth-order valence-corrected chi connectivity index (χ4v) is 1.40. The van der Waals surface area contributed by atoms with Crippen LogP contribution in [0.3, 0.4) is 0 Å². The number of fused-ring (bicyclic) bond motifs is 1. The highest BCUT2D eigenvalue weighted by Crippen LogP contribution is 2.22. The average molecular weight is 191 g/mol. The van der Waals surface area contributed by atoms with Crippen molar-refractivity contribution < 1.29 is 4.79 Å². The summed E-state index contributed by atoms with van der Waals surface area (Å²) in [7, 11) is 1.71. The second-order valence-electron chi connectivity index (χ2n) is 2.91. The Morgan fingerprint density at radius 2 is 2.07 bits per heavy atom. The summed E-state index contributed by atoms with van der Waals surface area (Å²) in [5, 5.41) is 0. The van der Waals surface area contributed by atoms with Gasteiger partial charge in [-0.25, -0.2) is 4.98 Å². The topological polar surface area (TPSA) is 99.8 Å². The van der Waals surface area contributed by atoms with Crippen molar-refractivity contribution in [1.82, 2.24) is 14.5 Å². The number of rotatable bonds is 1. The van der Waals surface area contributed by atoms with E-state index in [0.29, 0.717) is 17.0 Å². The largest absolute Gasteiger partial charge is 0.384 e. The molecule has 0 fully saturated rings. The van der Waals surface area contributed by atoms with Gasteiger partial charge in [-0.1, -0.05) is 0 Å². The molecule has 0 aliphatic heterocycles. The summed E-state index contributed by atoms with van der Waals surface area (Å²) in [6.07, 6.45) is 3.03. The lowest BCUT2D eigenvalue weighted by Gasteiger charge is -1.96. The summed E-state index contributed by atoms with van der Waals surface area (Å²) in [4.78, 5) is 19.2. The molecular weight excluding hydrogens is 182 g/mol. The number of carbonyl (C=O) groups is 1. The van der Waals surface area contributed by atoms with Crippen molar-refractivity contribution in [2.75, 3.05) is 5.73 Å². The maximum atomic E-state index is 11.1. The van der Waals surface area contributed by atoms with Crippen molar-refractivity contribution >= 4 is 22.9 Å². The number of nitrogens with zero attached hydrogens (tertiary/aromatic N) is 3. The van der Waals surface area contributed by atoms with E-state index in [2.05, 4.69) is 9.97 Å². The number of primary amides is 1. The molecule has 0 spiro atoms. The lowest BCUT2D eigenvalue weighted by Crippen LogP contribution is -2.13. The lowest BCUT2D eigenvalue weighted by atomic mass is 10.3. The van der Waals surface area contributed by atoms with Crippen LogP contribution in [0.15, 0.2) is 12.4 Å². The van der Waals surface area contributed by atoms with Crippen molar-refractivity contribution in [3.8, 4) is 0 Å². The number of nitrogen functional groups attached to an aromatic ring is 1. The van der Waals surface area contributed by atoms with Gasteiger partial charge in [0.25, 0.3) is 5.91 Å². The lowest BCUT2D eigenvalue weighted by molar-refractivity contribution is 0.100. The Morgan fingerprint density at radius 3 is 2.71 bits per heavy atom. The van der Waals surface area contributed by atoms with E-state index >= 15 is 0 Å². The zero-order chi connectivity index (χ0) is 10.3. The van der Waals surface area contributed by atoms with Gasteiger partial charge in [-0.15, -0.1) is 0 Å². The monoisotopic (exact) mass is 191 g/mol. The Bertz CT molecular complexity index is 516. The van der Waals surface area contributed by atoms with Crippen LogP contribution in [0.5, 0.6) is 0 Å². The molecule has 2 aromatic heterocycles. The van der Waals surface area contributed by atoms with Gasteiger partial charge < -0.3 is 16.0 Å². The Kier molecular flexibility index (Phi) is 1.63. The first-order valence-corrected chi connectivity index (χ1v) is 3.97. The van der Waals surface area contributed by atoms with Gasteiger partial charge in [0.15, 0.2) is 5.65 Å². The van der Waals surface area contributed by atoms with Crippen LogP contribution in [0.2, 0.25) is 0 Å². The molecule has 6 heteroatoms. The number of amides is 1. The minimum absolute atomic E-state index is 0.232. The molecule has 2 aromatic rings. The van der Waals surface area contributed by atoms with Crippen LogP contribution < -0.4 is 11.5 Å². The third-order valence-corrected chi connectivity index (χ3v) is 2.10. The first kappa shape index (κ1) is 8.49. The summed E-state index contributed by atoms with van der Waals surface area (Å²) >= 11 is 0. The second kappa shape index (κ2) is 2.69. The number of hydrogen-bond acceptors (Lipinski definition) is 4. The molecule has 0 aliphatic carbocycles. The van der Waals surface area contributed by atoms with E-state index in [9.17, 15) is 4.79 Å².